The topological polar surface area (TPSA) is 58.9 Å². The molecule has 0 saturated heterocycles. The summed E-state index contributed by atoms with van der Waals surface area (Å²) in [5, 5.41) is 19.7. The molecule has 0 heterocycles. The minimum atomic E-state index is -0.810. The highest BCUT2D eigenvalue weighted by Gasteiger charge is 2.19. The van der Waals surface area contributed by atoms with Gasteiger partial charge in [0.1, 0.15) is 18.0 Å². The van der Waals surface area contributed by atoms with Crippen LogP contribution in [-0.4, -0.2) is 23.4 Å². The van der Waals surface area contributed by atoms with Crippen LogP contribution in [0, 0.1) is 0 Å². The molecule has 2 aromatic carbocycles. The Morgan fingerprint density at radius 1 is 1.04 bits per heavy atom. The summed E-state index contributed by atoms with van der Waals surface area (Å²) in [5.74, 6) is 1.35. The Bertz CT molecular complexity index is 662. The van der Waals surface area contributed by atoms with Gasteiger partial charge in [0.25, 0.3) is 0 Å². The summed E-state index contributed by atoms with van der Waals surface area (Å²) in [6, 6.07) is 12.1. The Kier molecular flexibility index (Phi) is 5.66. The van der Waals surface area contributed by atoms with Crippen LogP contribution in [-0.2, 0) is 0 Å². The van der Waals surface area contributed by atoms with E-state index in [0.29, 0.717) is 17.1 Å². The fraction of sp³-hybridized carbons (Fsp3) is 0.263. The van der Waals surface area contributed by atoms with Crippen molar-refractivity contribution in [2.45, 2.75) is 26.1 Å². The van der Waals surface area contributed by atoms with E-state index in [2.05, 4.69) is 0 Å². The van der Waals surface area contributed by atoms with Crippen LogP contribution in [0.1, 0.15) is 31.1 Å². The number of aliphatic hydroxyl groups excluding tert-OH is 1. The summed E-state index contributed by atoms with van der Waals surface area (Å²) < 4.78 is 11.2. The number of hydrogen-bond acceptors (Lipinski definition) is 4. The van der Waals surface area contributed by atoms with E-state index in [-0.39, 0.29) is 5.75 Å². The number of aliphatic hydroxyl groups is 1. The Morgan fingerprint density at radius 2 is 1.74 bits per heavy atom. The fourth-order valence-corrected chi connectivity index (χ4v) is 2.28. The Morgan fingerprint density at radius 3 is 2.35 bits per heavy atom. The zero-order valence-electron chi connectivity index (χ0n) is 13.6. The molecule has 23 heavy (non-hydrogen) atoms. The molecule has 0 unspecified atom stereocenters. The molecule has 0 aliphatic heterocycles. The molecule has 2 atom stereocenters. The lowest BCUT2D eigenvalue weighted by molar-refractivity contribution is 0.0451. The summed E-state index contributed by atoms with van der Waals surface area (Å²) in [6.45, 7) is 3.74. The highest BCUT2D eigenvalue weighted by Crippen LogP contribution is 2.31. The quantitative estimate of drug-likeness (QED) is 0.848. The minimum absolute atomic E-state index is 0.163. The first kappa shape index (κ1) is 16.9. The number of methoxy groups -OCH3 is 1. The number of phenols is 1. The third-order valence-corrected chi connectivity index (χ3v) is 3.54. The van der Waals surface area contributed by atoms with E-state index in [9.17, 15) is 10.2 Å². The van der Waals surface area contributed by atoms with E-state index < -0.39 is 12.2 Å². The van der Waals surface area contributed by atoms with Gasteiger partial charge in [-0.05, 0) is 49.2 Å². The van der Waals surface area contributed by atoms with Crippen LogP contribution in [0.3, 0.4) is 0 Å². The van der Waals surface area contributed by atoms with Crippen molar-refractivity contribution in [3.63, 3.8) is 0 Å². The van der Waals surface area contributed by atoms with Crippen LogP contribution in [0.4, 0.5) is 0 Å². The van der Waals surface area contributed by atoms with Gasteiger partial charge in [0, 0.05) is 0 Å². The van der Waals surface area contributed by atoms with E-state index in [1.165, 1.54) is 12.1 Å². The van der Waals surface area contributed by atoms with Gasteiger partial charge in [-0.15, -0.1) is 0 Å². The molecule has 0 aromatic heterocycles. The van der Waals surface area contributed by atoms with Gasteiger partial charge in [0.2, 0.25) is 0 Å². The van der Waals surface area contributed by atoms with Crippen LogP contribution in [0.5, 0.6) is 17.2 Å². The molecular formula is C19H22O4. The molecule has 0 bridgehead atoms. The largest absolute Gasteiger partial charge is 0.508 e. The number of ether oxygens (including phenoxy) is 2. The molecule has 2 N–H and O–H groups in total. The van der Waals surface area contributed by atoms with Gasteiger partial charge in [-0.3, -0.25) is 0 Å². The van der Waals surface area contributed by atoms with E-state index in [0.717, 1.165) is 5.56 Å². The Hall–Kier alpha value is -2.46. The lowest BCUT2D eigenvalue weighted by atomic mass is 10.1. The van der Waals surface area contributed by atoms with E-state index in [1.807, 2.05) is 37.3 Å². The van der Waals surface area contributed by atoms with Crippen LogP contribution < -0.4 is 9.47 Å². The smallest absolute Gasteiger partial charge is 0.161 e. The maximum absolute atomic E-state index is 10.4. The number of rotatable bonds is 6. The normalized spacial score (nSPS) is 13.7. The van der Waals surface area contributed by atoms with E-state index in [4.69, 9.17) is 9.47 Å². The lowest BCUT2D eigenvalue weighted by Crippen LogP contribution is -2.22. The standard InChI is InChI=1S/C19H22O4/c1-4-5-14-6-11-17(18(12-14)22-3)23-13(2)19(21)15-7-9-16(20)10-8-15/h4-13,19-21H,1-3H3/t13-,19+/m1/s1. The second-order valence-electron chi connectivity index (χ2n) is 5.27. The average Bonchev–Trinajstić information content (AvgIpc) is 2.56. The number of benzene rings is 2. The highest BCUT2D eigenvalue weighted by atomic mass is 16.5. The van der Waals surface area contributed by atoms with Gasteiger partial charge < -0.3 is 19.7 Å². The fourth-order valence-electron chi connectivity index (χ4n) is 2.28. The van der Waals surface area contributed by atoms with Crippen molar-refractivity contribution in [1.29, 1.82) is 0 Å². The lowest BCUT2D eigenvalue weighted by Gasteiger charge is -2.22. The predicted molar refractivity (Wildman–Crippen MR) is 90.9 cm³/mol. The molecule has 0 spiro atoms. The molecule has 4 nitrogen and oxygen atoms in total. The molecule has 0 fully saturated rings. The monoisotopic (exact) mass is 314 g/mol. The van der Waals surface area contributed by atoms with Crippen LogP contribution in [0.15, 0.2) is 48.5 Å². The van der Waals surface area contributed by atoms with Crippen molar-refractivity contribution in [2.75, 3.05) is 7.11 Å². The van der Waals surface area contributed by atoms with E-state index >= 15 is 0 Å². The van der Waals surface area contributed by atoms with Gasteiger partial charge in [0.15, 0.2) is 11.5 Å². The second-order valence-corrected chi connectivity index (χ2v) is 5.27. The van der Waals surface area contributed by atoms with Gasteiger partial charge in [0.05, 0.1) is 7.11 Å². The molecule has 2 aromatic rings. The predicted octanol–water partition coefficient (Wildman–Crippen LogP) is 3.93. The molecule has 4 heteroatoms. The molecule has 2 rings (SSSR count). The number of hydrogen-bond donors (Lipinski definition) is 2. The summed E-state index contributed by atoms with van der Waals surface area (Å²) in [7, 11) is 1.59. The van der Waals surface area contributed by atoms with Crippen molar-refractivity contribution in [3.05, 3.63) is 59.7 Å². The average molecular weight is 314 g/mol. The number of aromatic hydroxyl groups is 1. The van der Waals surface area contributed by atoms with Crippen molar-refractivity contribution in [1.82, 2.24) is 0 Å². The van der Waals surface area contributed by atoms with Gasteiger partial charge >= 0.3 is 0 Å². The summed E-state index contributed by atoms with van der Waals surface area (Å²) in [4.78, 5) is 0. The molecule has 0 saturated carbocycles. The molecule has 0 radical (unpaired) electrons. The molecule has 122 valence electrons. The molecule has 0 aliphatic carbocycles. The SMILES string of the molecule is CC=Cc1ccc(O[C@H](C)[C@H](O)c2ccc(O)cc2)c(OC)c1. The Labute approximate surface area is 136 Å². The van der Waals surface area contributed by atoms with Gasteiger partial charge in [-0.2, -0.15) is 0 Å². The third-order valence-electron chi connectivity index (χ3n) is 3.54. The first-order chi connectivity index (χ1) is 11.0. The summed E-state index contributed by atoms with van der Waals surface area (Å²) >= 11 is 0. The van der Waals surface area contributed by atoms with Gasteiger partial charge in [-0.25, -0.2) is 0 Å². The first-order valence-electron chi connectivity index (χ1n) is 7.49. The molecule has 0 amide bonds. The highest BCUT2D eigenvalue weighted by molar-refractivity contribution is 5.55. The molecular weight excluding hydrogens is 292 g/mol. The van der Waals surface area contributed by atoms with Gasteiger partial charge in [-0.1, -0.05) is 30.4 Å². The summed E-state index contributed by atoms with van der Waals surface area (Å²) in [6.07, 6.45) is 2.64. The van der Waals surface area contributed by atoms with Crippen molar-refractivity contribution >= 4 is 6.08 Å². The third kappa shape index (κ3) is 4.27. The van der Waals surface area contributed by atoms with Crippen LogP contribution in [0.2, 0.25) is 0 Å². The maximum Gasteiger partial charge on any atom is 0.161 e. The zero-order chi connectivity index (χ0) is 16.8. The van der Waals surface area contributed by atoms with Crippen LogP contribution >= 0.6 is 0 Å². The van der Waals surface area contributed by atoms with Crippen molar-refractivity contribution < 1.29 is 19.7 Å². The van der Waals surface area contributed by atoms with Crippen LogP contribution in [0.25, 0.3) is 6.08 Å². The van der Waals surface area contributed by atoms with Crippen molar-refractivity contribution in [2.24, 2.45) is 0 Å². The Balaban J connectivity index is 2.15. The zero-order valence-corrected chi connectivity index (χ0v) is 13.6. The maximum atomic E-state index is 10.4. The molecule has 0 aliphatic rings. The van der Waals surface area contributed by atoms with Crippen molar-refractivity contribution in [3.8, 4) is 17.2 Å². The second kappa shape index (κ2) is 7.70. The first-order valence-corrected chi connectivity index (χ1v) is 7.49. The number of allylic oxidation sites excluding steroid dienone is 1. The minimum Gasteiger partial charge on any atom is -0.508 e. The number of phenolic OH excluding ortho intramolecular Hbond substituents is 1. The summed E-state index contributed by atoms with van der Waals surface area (Å²) in [5.41, 5.74) is 1.70. The van der Waals surface area contributed by atoms with E-state index in [1.54, 1.807) is 26.2 Å².